The Balaban J connectivity index is 1.60. The first kappa shape index (κ1) is 15.7. The number of aryl methyl sites for hydroxylation is 2. The van der Waals surface area contributed by atoms with Crippen LogP contribution in [0.15, 0.2) is 22.6 Å². The van der Waals surface area contributed by atoms with Crippen molar-refractivity contribution in [3.05, 3.63) is 35.1 Å². The molecule has 2 aromatic rings. The molecule has 128 valence electrons. The third kappa shape index (κ3) is 2.34. The number of hydrogen-bond donors (Lipinski definition) is 1. The van der Waals surface area contributed by atoms with Crippen LogP contribution < -0.4 is 0 Å². The van der Waals surface area contributed by atoms with E-state index in [0.29, 0.717) is 32.7 Å². The van der Waals surface area contributed by atoms with Crippen molar-refractivity contribution in [2.45, 2.75) is 26.8 Å². The second-order valence-corrected chi connectivity index (χ2v) is 7.30. The van der Waals surface area contributed by atoms with E-state index in [9.17, 15) is 9.90 Å². The Labute approximate surface area is 141 Å². The van der Waals surface area contributed by atoms with Crippen molar-refractivity contribution in [1.82, 2.24) is 4.90 Å². The molecule has 2 atom stereocenters. The third-order valence-corrected chi connectivity index (χ3v) is 5.76. The van der Waals surface area contributed by atoms with Crippen molar-refractivity contribution in [1.29, 1.82) is 0 Å². The van der Waals surface area contributed by atoms with E-state index in [1.54, 1.807) is 0 Å². The molecule has 2 aliphatic rings. The number of aliphatic carboxylic acids is 1. The van der Waals surface area contributed by atoms with Gasteiger partial charge in [-0.15, -0.1) is 0 Å². The molecule has 0 spiro atoms. The van der Waals surface area contributed by atoms with Gasteiger partial charge in [0.05, 0.1) is 18.6 Å². The smallest absolute Gasteiger partial charge is 0.311 e. The number of likely N-dealkylation sites (tertiary alicyclic amines) is 1. The second kappa shape index (κ2) is 5.60. The lowest BCUT2D eigenvalue weighted by molar-refractivity contribution is -0.157. The number of nitrogens with zero attached hydrogens (tertiary/aromatic N) is 1. The van der Waals surface area contributed by atoms with Crippen LogP contribution in [0.25, 0.3) is 11.0 Å². The molecule has 0 radical (unpaired) electrons. The number of rotatable bonds is 3. The molecule has 1 aromatic carbocycles. The van der Waals surface area contributed by atoms with Gasteiger partial charge in [0.25, 0.3) is 0 Å². The molecule has 2 saturated heterocycles. The van der Waals surface area contributed by atoms with Gasteiger partial charge < -0.3 is 14.3 Å². The highest BCUT2D eigenvalue weighted by Gasteiger charge is 2.53. The van der Waals surface area contributed by atoms with Gasteiger partial charge in [-0.2, -0.15) is 0 Å². The highest BCUT2D eigenvalue weighted by Crippen LogP contribution is 2.43. The van der Waals surface area contributed by atoms with Crippen LogP contribution in [0.2, 0.25) is 0 Å². The number of carbonyl (C=O) groups is 1. The summed E-state index contributed by atoms with van der Waals surface area (Å²) in [5.74, 6) is 0.321. The van der Waals surface area contributed by atoms with Crippen LogP contribution in [0.5, 0.6) is 0 Å². The quantitative estimate of drug-likeness (QED) is 0.938. The average Bonchev–Trinajstić information content (AvgIpc) is 3.07. The normalized spacial score (nSPS) is 27.5. The summed E-state index contributed by atoms with van der Waals surface area (Å²) in [5, 5.41) is 10.9. The summed E-state index contributed by atoms with van der Waals surface area (Å²) in [5.41, 5.74) is 2.62. The molecular weight excluding hydrogens is 306 g/mol. The largest absolute Gasteiger partial charge is 0.481 e. The molecular formula is C19H23NO4. The van der Waals surface area contributed by atoms with Crippen molar-refractivity contribution in [2.24, 2.45) is 11.3 Å². The predicted molar refractivity (Wildman–Crippen MR) is 90.0 cm³/mol. The summed E-state index contributed by atoms with van der Waals surface area (Å²) in [4.78, 5) is 14.1. The fourth-order valence-corrected chi connectivity index (χ4v) is 4.26. The summed E-state index contributed by atoms with van der Waals surface area (Å²) in [6.45, 7) is 7.23. The lowest BCUT2D eigenvalue weighted by atomic mass is 9.74. The third-order valence-electron chi connectivity index (χ3n) is 5.76. The maximum atomic E-state index is 11.9. The Morgan fingerprint density at radius 1 is 1.42 bits per heavy atom. The van der Waals surface area contributed by atoms with E-state index >= 15 is 0 Å². The molecule has 2 aliphatic heterocycles. The molecule has 2 fully saturated rings. The van der Waals surface area contributed by atoms with E-state index in [4.69, 9.17) is 9.15 Å². The van der Waals surface area contributed by atoms with Gasteiger partial charge in [0.15, 0.2) is 0 Å². The molecule has 0 unspecified atom stereocenters. The molecule has 5 nitrogen and oxygen atoms in total. The number of fused-ring (bicyclic) bond motifs is 2. The van der Waals surface area contributed by atoms with Crippen molar-refractivity contribution < 1.29 is 19.1 Å². The number of benzene rings is 1. The molecule has 4 rings (SSSR count). The highest BCUT2D eigenvalue weighted by molar-refractivity contribution is 5.82. The number of carboxylic acids is 1. The molecule has 0 saturated carbocycles. The van der Waals surface area contributed by atoms with E-state index in [1.165, 1.54) is 5.56 Å². The van der Waals surface area contributed by atoms with Gasteiger partial charge in [0.1, 0.15) is 11.3 Å². The van der Waals surface area contributed by atoms with Crippen molar-refractivity contribution in [3.63, 3.8) is 0 Å². The lowest BCUT2D eigenvalue weighted by Crippen LogP contribution is -2.44. The molecule has 0 aliphatic carbocycles. The second-order valence-electron chi connectivity index (χ2n) is 7.30. The Morgan fingerprint density at radius 2 is 2.25 bits per heavy atom. The zero-order valence-electron chi connectivity index (χ0n) is 14.2. The maximum absolute atomic E-state index is 11.9. The van der Waals surface area contributed by atoms with Gasteiger partial charge in [0, 0.05) is 31.0 Å². The Hall–Kier alpha value is -1.85. The highest BCUT2D eigenvalue weighted by atomic mass is 16.5. The number of hydrogen-bond acceptors (Lipinski definition) is 4. The zero-order chi connectivity index (χ0) is 16.9. The summed E-state index contributed by atoms with van der Waals surface area (Å²) in [6.07, 6.45) is 0.599. The van der Waals surface area contributed by atoms with Gasteiger partial charge in [-0.3, -0.25) is 9.69 Å². The molecule has 1 aromatic heterocycles. The van der Waals surface area contributed by atoms with Crippen LogP contribution in [-0.4, -0.2) is 42.3 Å². The molecule has 3 heterocycles. The van der Waals surface area contributed by atoms with Gasteiger partial charge in [0.2, 0.25) is 0 Å². The van der Waals surface area contributed by atoms with Crippen LogP contribution >= 0.6 is 0 Å². The van der Waals surface area contributed by atoms with Gasteiger partial charge >= 0.3 is 5.97 Å². The first-order valence-corrected chi connectivity index (χ1v) is 8.52. The number of carboxylic acid groups (broad SMARTS) is 1. The van der Waals surface area contributed by atoms with Crippen LogP contribution in [0.3, 0.4) is 0 Å². The number of furan rings is 1. The van der Waals surface area contributed by atoms with Gasteiger partial charge in [-0.05, 0) is 38.0 Å². The van der Waals surface area contributed by atoms with Gasteiger partial charge in [-0.25, -0.2) is 0 Å². The Kier molecular flexibility index (Phi) is 3.66. The minimum absolute atomic E-state index is 0.0654. The minimum atomic E-state index is -0.685. The van der Waals surface area contributed by atoms with E-state index < -0.39 is 11.4 Å². The fourth-order valence-electron chi connectivity index (χ4n) is 4.26. The average molecular weight is 329 g/mol. The van der Waals surface area contributed by atoms with Crippen molar-refractivity contribution in [3.8, 4) is 0 Å². The molecule has 0 bridgehead atoms. The summed E-state index contributed by atoms with van der Waals surface area (Å²) in [6, 6.07) is 6.21. The molecule has 24 heavy (non-hydrogen) atoms. The van der Waals surface area contributed by atoms with E-state index in [1.807, 2.05) is 6.07 Å². The SMILES string of the molecule is Cc1ccc2oc(CN3C[C@@H]4COCC[C@]4(C(=O)O)C3)c(C)c2c1. The molecule has 0 amide bonds. The number of ether oxygens (including phenoxy) is 1. The first-order valence-electron chi connectivity index (χ1n) is 8.52. The molecule has 5 heteroatoms. The van der Waals surface area contributed by atoms with Crippen LogP contribution in [0, 0.1) is 25.2 Å². The Bertz CT molecular complexity index is 796. The van der Waals surface area contributed by atoms with Gasteiger partial charge in [-0.1, -0.05) is 11.6 Å². The van der Waals surface area contributed by atoms with E-state index in [-0.39, 0.29) is 5.92 Å². The van der Waals surface area contributed by atoms with Crippen molar-refractivity contribution in [2.75, 3.05) is 26.3 Å². The van der Waals surface area contributed by atoms with E-state index in [2.05, 4.69) is 30.9 Å². The van der Waals surface area contributed by atoms with E-state index in [0.717, 1.165) is 28.8 Å². The fraction of sp³-hybridized carbons (Fsp3) is 0.526. The maximum Gasteiger partial charge on any atom is 0.311 e. The Morgan fingerprint density at radius 3 is 3.00 bits per heavy atom. The molecule has 1 N–H and O–H groups in total. The lowest BCUT2D eigenvalue weighted by Gasteiger charge is -2.34. The monoisotopic (exact) mass is 329 g/mol. The minimum Gasteiger partial charge on any atom is -0.481 e. The summed E-state index contributed by atoms with van der Waals surface area (Å²) in [7, 11) is 0. The predicted octanol–water partition coefficient (Wildman–Crippen LogP) is 2.97. The topological polar surface area (TPSA) is 62.9 Å². The van der Waals surface area contributed by atoms with Crippen LogP contribution in [0.4, 0.5) is 0 Å². The van der Waals surface area contributed by atoms with Crippen molar-refractivity contribution >= 4 is 16.9 Å². The standard InChI is InChI=1S/C19H23NO4/c1-12-3-4-16-15(7-12)13(2)17(24-16)9-20-8-14-10-23-6-5-19(14,11-20)18(21)22/h3-4,7,14H,5-6,8-11H2,1-2H3,(H,21,22)/t14-,19+/m1/s1. The summed E-state index contributed by atoms with van der Waals surface area (Å²) < 4.78 is 11.6. The van der Waals surface area contributed by atoms with Crippen LogP contribution in [-0.2, 0) is 16.1 Å². The van der Waals surface area contributed by atoms with Crippen LogP contribution in [0.1, 0.15) is 23.3 Å². The summed E-state index contributed by atoms with van der Waals surface area (Å²) >= 11 is 0. The zero-order valence-corrected chi connectivity index (χ0v) is 14.2. The first-order chi connectivity index (χ1) is 11.5.